The predicted octanol–water partition coefficient (Wildman–Crippen LogP) is 2.85. The van der Waals surface area contributed by atoms with Gasteiger partial charge < -0.3 is 15.8 Å². The summed E-state index contributed by atoms with van der Waals surface area (Å²) in [5, 5.41) is 3.01. The van der Waals surface area contributed by atoms with Gasteiger partial charge in [-0.05, 0) is 43.5 Å². The van der Waals surface area contributed by atoms with E-state index in [0.29, 0.717) is 0 Å². The molecule has 1 fully saturated rings. The van der Waals surface area contributed by atoms with Gasteiger partial charge in [-0.2, -0.15) is 0 Å². The van der Waals surface area contributed by atoms with Crippen LogP contribution in [0.3, 0.4) is 0 Å². The van der Waals surface area contributed by atoms with Gasteiger partial charge in [0.05, 0.1) is 13.0 Å². The molecule has 1 aliphatic rings. The number of amides is 1. The topological polar surface area (TPSA) is 64.3 Å². The lowest BCUT2D eigenvalue weighted by molar-refractivity contribution is -0.120. The Bertz CT molecular complexity index is 474. The van der Waals surface area contributed by atoms with Gasteiger partial charge in [-0.3, -0.25) is 4.79 Å². The molecule has 1 aliphatic carbocycles. The maximum Gasteiger partial charge on any atom is 0.229 e. The SMILES string of the molecule is COc1ccc(NC(=O)C2CCCCCC2N)c(C)c1. The second-order valence-electron chi connectivity index (χ2n) is 5.58. The van der Waals surface area contributed by atoms with Crippen molar-refractivity contribution >= 4 is 11.6 Å². The first-order valence-electron chi connectivity index (χ1n) is 7.33. The third-order valence-corrected chi connectivity index (χ3v) is 4.10. The average molecular weight is 276 g/mol. The lowest BCUT2D eigenvalue weighted by Crippen LogP contribution is -2.37. The van der Waals surface area contributed by atoms with Crippen molar-refractivity contribution in [2.24, 2.45) is 11.7 Å². The largest absolute Gasteiger partial charge is 0.497 e. The van der Waals surface area contributed by atoms with Crippen LogP contribution in [0.2, 0.25) is 0 Å². The van der Waals surface area contributed by atoms with Crippen LogP contribution in [0.25, 0.3) is 0 Å². The molecule has 1 aromatic rings. The summed E-state index contributed by atoms with van der Waals surface area (Å²) in [6, 6.07) is 5.64. The minimum absolute atomic E-state index is 0.0175. The molecule has 4 nitrogen and oxygen atoms in total. The molecule has 110 valence electrons. The van der Waals surface area contributed by atoms with E-state index < -0.39 is 0 Å². The van der Waals surface area contributed by atoms with Gasteiger partial charge in [-0.15, -0.1) is 0 Å². The van der Waals surface area contributed by atoms with E-state index in [9.17, 15) is 4.79 Å². The Balaban J connectivity index is 2.06. The summed E-state index contributed by atoms with van der Waals surface area (Å²) in [6.45, 7) is 1.96. The highest BCUT2D eigenvalue weighted by Crippen LogP contribution is 2.26. The van der Waals surface area contributed by atoms with E-state index in [1.54, 1.807) is 7.11 Å². The average Bonchev–Trinajstić information content (AvgIpc) is 2.65. The number of ether oxygens (including phenoxy) is 1. The Morgan fingerprint density at radius 1 is 1.30 bits per heavy atom. The molecular weight excluding hydrogens is 252 g/mol. The first-order chi connectivity index (χ1) is 9.61. The van der Waals surface area contributed by atoms with Crippen LogP contribution >= 0.6 is 0 Å². The Kier molecular flexibility index (Phi) is 5.01. The number of benzene rings is 1. The summed E-state index contributed by atoms with van der Waals surface area (Å²) in [4.78, 5) is 12.4. The number of methoxy groups -OCH3 is 1. The zero-order chi connectivity index (χ0) is 14.5. The zero-order valence-electron chi connectivity index (χ0n) is 12.3. The molecule has 2 rings (SSSR count). The predicted molar refractivity (Wildman–Crippen MR) is 80.9 cm³/mol. The molecule has 0 aromatic heterocycles. The van der Waals surface area contributed by atoms with Crippen molar-refractivity contribution in [3.63, 3.8) is 0 Å². The van der Waals surface area contributed by atoms with Crippen molar-refractivity contribution in [2.45, 2.75) is 45.1 Å². The number of carbonyl (C=O) groups excluding carboxylic acids is 1. The molecule has 0 radical (unpaired) electrons. The van der Waals surface area contributed by atoms with Gasteiger partial charge in [0.2, 0.25) is 5.91 Å². The smallest absolute Gasteiger partial charge is 0.229 e. The van der Waals surface area contributed by atoms with E-state index in [1.165, 1.54) is 6.42 Å². The molecule has 0 aliphatic heterocycles. The lowest BCUT2D eigenvalue weighted by Gasteiger charge is -2.21. The van der Waals surface area contributed by atoms with E-state index in [4.69, 9.17) is 10.5 Å². The van der Waals surface area contributed by atoms with Crippen LogP contribution in [0.5, 0.6) is 5.75 Å². The molecule has 1 amide bonds. The summed E-state index contributed by atoms with van der Waals surface area (Å²) >= 11 is 0. The van der Waals surface area contributed by atoms with Crippen molar-refractivity contribution in [3.05, 3.63) is 23.8 Å². The molecule has 0 bridgehead atoms. The normalized spacial score (nSPS) is 22.9. The molecule has 1 saturated carbocycles. The molecule has 0 saturated heterocycles. The highest BCUT2D eigenvalue weighted by Gasteiger charge is 2.27. The van der Waals surface area contributed by atoms with Gasteiger partial charge in [-0.25, -0.2) is 0 Å². The van der Waals surface area contributed by atoms with Crippen LogP contribution in [-0.2, 0) is 4.79 Å². The van der Waals surface area contributed by atoms with Crippen LogP contribution in [-0.4, -0.2) is 19.1 Å². The van der Waals surface area contributed by atoms with Crippen molar-refractivity contribution in [2.75, 3.05) is 12.4 Å². The van der Waals surface area contributed by atoms with Crippen LogP contribution in [0.1, 0.15) is 37.7 Å². The van der Waals surface area contributed by atoms with Gasteiger partial charge in [-0.1, -0.05) is 19.3 Å². The van der Waals surface area contributed by atoms with Gasteiger partial charge in [0.1, 0.15) is 5.75 Å². The second-order valence-corrected chi connectivity index (χ2v) is 5.58. The summed E-state index contributed by atoms with van der Waals surface area (Å²) in [7, 11) is 1.64. The number of nitrogens with one attached hydrogen (secondary N) is 1. The molecule has 0 spiro atoms. The molecule has 0 heterocycles. The molecular formula is C16H24N2O2. The number of nitrogens with two attached hydrogens (primary N) is 1. The summed E-state index contributed by atoms with van der Waals surface area (Å²) in [5.74, 6) is 0.776. The van der Waals surface area contributed by atoms with Crippen LogP contribution in [0.15, 0.2) is 18.2 Å². The third kappa shape index (κ3) is 3.51. The quantitative estimate of drug-likeness (QED) is 0.834. The molecule has 20 heavy (non-hydrogen) atoms. The van der Waals surface area contributed by atoms with Crippen LogP contribution < -0.4 is 15.8 Å². The molecule has 1 aromatic carbocycles. The van der Waals surface area contributed by atoms with E-state index in [-0.39, 0.29) is 17.9 Å². The van der Waals surface area contributed by atoms with Gasteiger partial charge in [0.15, 0.2) is 0 Å². The molecule has 3 N–H and O–H groups in total. The minimum Gasteiger partial charge on any atom is -0.497 e. The van der Waals surface area contributed by atoms with Gasteiger partial charge in [0, 0.05) is 11.7 Å². The molecule has 2 atom stereocenters. The van der Waals surface area contributed by atoms with Crippen LogP contribution in [0, 0.1) is 12.8 Å². The second kappa shape index (κ2) is 6.75. The Morgan fingerprint density at radius 3 is 2.75 bits per heavy atom. The van der Waals surface area contributed by atoms with Crippen molar-refractivity contribution in [3.8, 4) is 5.75 Å². The lowest BCUT2D eigenvalue weighted by atomic mass is 9.94. The maximum absolute atomic E-state index is 12.4. The fraction of sp³-hybridized carbons (Fsp3) is 0.562. The Morgan fingerprint density at radius 2 is 2.05 bits per heavy atom. The number of anilines is 1. The fourth-order valence-electron chi connectivity index (χ4n) is 2.79. The first-order valence-corrected chi connectivity index (χ1v) is 7.33. The summed E-state index contributed by atoms with van der Waals surface area (Å²) < 4.78 is 5.17. The van der Waals surface area contributed by atoms with E-state index in [2.05, 4.69) is 5.32 Å². The number of hydrogen-bond donors (Lipinski definition) is 2. The van der Waals surface area contributed by atoms with E-state index >= 15 is 0 Å². The standard InChI is InChI=1S/C16H24N2O2/c1-11-10-12(20-2)8-9-15(11)18-16(19)13-6-4-3-5-7-14(13)17/h8-10,13-14H,3-7,17H2,1-2H3,(H,18,19). The highest BCUT2D eigenvalue weighted by molar-refractivity contribution is 5.93. The van der Waals surface area contributed by atoms with Crippen molar-refractivity contribution < 1.29 is 9.53 Å². The molecule has 2 unspecified atom stereocenters. The summed E-state index contributed by atoms with van der Waals surface area (Å²) in [6.07, 6.45) is 5.24. The Labute approximate surface area is 120 Å². The number of hydrogen-bond acceptors (Lipinski definition) is 3. The Hall–Kier alpha value is -1.55. The first kappa shape index (κ1) is 14.9. The number of aryl methyl sites for hydroxylation is 1. The number of rotatable bonds is 3. The van der Waals surface area contributed by atoms with E-state index in [1.807, 2.05) is 25.1 Å². The zero-order valence-corrected chi connectivity index (χ0v) is 12.3. The minimum atomic E-state index is -0.0704. The number of carbonyl (C=O) groups is 1. The van der Waals surface area contributed by atoms with Gasteiger partial charge in [0.25, 0.3) is 0 Å². The fourth-order valence-corrected chi connectivity index (χ4v) is 2.79. The van der Waals surface area contributed by atoms with Gasteiger partial charge >= 0.3 is 0 Å². The van der Waals surface area contributed by atoms with Crippen molar-refractivity contribution in [1.29, 1.82) is 0 Å². The molecule has 4 heteroatoms. The maximum atomic E-state index is 12.4. The monoisotopic (exact) mass is 276 g/mol. The van der Waals surface area contributed by atoms with E-state index in [0.717, 1.165) is 42.7 Å². The summed E-state index contributed by atoms with van der Waals surface area (Å²) in [5.41, 5.74) is 7.98. The highest BCUT2D eigenvalue weighted by atomic mass is 16.5. The third-order valence-electron chi connectivity index (χ3n) is 4.10. The van der Waals surface area contributed by atoms with Crippen LogP contribution in [0.4, 0.5) is 5.69 Å². The van der Waals surface area contributed by atoms with Crippen molar-refractivity contribution in [1.82, 2.24) is 0 Å².